The van der Waals surface area contributed by atoms with Gasteiger partial charge in [0, 0.05) is 22.3 Å². The molecule has 0 spiro atoms. The molecule has 1 heterocycles. The molecule has 3 rings (SSSR count). The van der Waals surface area contributed by atoms with Crippen LogP contribution in [-0.4, -0.2) is 0 Å². The first-order chi connectivity index (χ1) is 9.34. The van der Waals surface area contributed by atoms with Crippen molar-refractivity contribution in [3.63, 3.8) is 0 Å². The van der Waals surface area contributed by atoms with Crippen molar-refractivity contribution in [2.24, 2.45) is 0 Å². The third-order valence-corrected chi connectivity index (χ3v) is 4.23. The second-order valence-electron chi connectivity index (χ2n) is 4.48. The van der Waals surface area contributed by atoms with Crippen molar-refractivity contribution >= 4 is 23.0 Å². The van der Waals surface area contributed by atoms with Crippen molar-refractivity contribution in [2.75, 3.05) is 5.32 Å². The number of para-hydroxylation sites is 1. The lowest BCUT2D eigenvalue weighted by Crippen LogP contribution is -1.98. The average Bonchev–Trinajstić information content (AvgIpc) is 2.46. The van der Waals surface area contributed by atoms with Gasteiger partial charge in [-0.15, -0.1) is 0 Å². The molecule has 19 heavy (non-hydrogen) atoms. The predicted octanol–water partition coefficient (Wildman–Crippen LogP) is 5.07. The highest BCUT2D eigenvalue weighted by atomic mass is 32.2. The van der Waals surface area contributed by atoms with Gasteiger partial charge in [-0.3, -0.25) is 0 Å². The van der Waals surface area contributed by atoms with Crippen LogP contribution in [0.3, 0.4) is 0 Å². The summed E-state index contributed by atoms with van der Waals surface area (Å²) in [4.78, 5) is 1.31. The van der Waals surface area contributed by atoms with Gasteiger partial charge in [-0.25, -0.2) is 0 Å². The number of aryl methyl sites for hydroxylation is 1. The van der Waals surface area contributed by atoms with Crippen molar-refractivity contribution in [2.45, 2.75) is 11.8 Å². The first-order valence-corrected chi connectivity index (χ1v) is 7.17. The number of allylic oxidation sites excluding steroid dienone is 2. The van der Waals surface area contributed by atoms with E-state index in [1.165, 1.54) is 27.3 Å². The molecule has 0 saturated heterocycles. The highest BCUT2D eigenvalue weighted by Gasteiger charge is 2.08. The first-order valence-electron chi connectivity index (χ1n) is 6.29. The minimum Gasteiger partial charge on any atom is -0.361 e. The molecular weight excluding hydrogens is 250 g/mol. The van der Waals surface area contributed by atoms with Crippen molar-refractivity contribution in [3.8, 4) is 0 Å². The zero-order valence-electron chi connectivity index (χ0n) is 10.8. The molecular formula is C17H15NS. The lowest BCUT2D eigenvalue weighted by molar-refractivity contribution is 1.31. The molecule has 0 fully saturated rings. The Morgan fingerprint density at radius 1 is 1.00 bits per heavy atom. The Bertz CT molecular complexity index is 656. The Labute approximate surface area is 118 Å². The molecule has 0 radical (unpaired) electrons. The van der Waals surface area contributed by atoms with Gasteiger partial charge in [0.25, 0.3) is 0 Å². The first kappa shape index (κ1) is 12.1. The van der Waals surface area contributed by atoms with E-state index in [9.17, 15) is 0 Å². The van der Waals surface area contributed by atoms with E-state index in [2.05, 4.69) is 72.3 Å². The maximum Gasteiger partial charge on any atom is 0.0459 e. The minimum absolute atomic E-state index is 1.17. The Balaban J connectivity index is 1.90. The van der Waals surface area contributed by atoms with Crippen LogP contribution in [-0.2, 0) is 0 Å². The number of rotatable bonds is 2. The number of thioether (sulfide) groups is 1. The molecule has 0 amide bonds. The zero-order valence-corrected chi connectivity index (χ0v) is 11.6. The van der Waals surface area contributed by atoms with Crippen molar-refractivity contribution in [1.82, 2.24) is 0 Å². The largest absolute Gasteiger partial charge is 0.361 e. The van der Waals surface area contributed by atoms with Crippen LogP contribution >= 0.6 is 11.8 Å². The number of fused-ring (bicyclic) bond motifs is 1. The summed E-state index contributed by atoms with van der Waals surface area (Å²) in [7, 11) is 0. The summed E-state index contributed by atoms with van der Waals surface area (Å²) in [5.41, 5.74) is 4.99. The van der Waals surface area contributed by atoms with Gasteiger partial charge in [0.1, 0.15) is 0 Å². The minimum atomic E-state index is 1.17. The summed E-state index contributed by atoms with van der Waals surface area (Å²) >= 11 is 1.78. The summed E-state index contributed by atoms with van der Waals surface area (Å²) in [6.07, 6.45) is 4.11. The SMILES string of the molecule is Cc1ccccc1S/C=C1\C=CNc2ccccc21. The van der Waals surface area contributed by atoms with E-state index in [1.807, 2.05) is 6.20 Å². The molecule has 1 nitrogen and oxygen atoms in total. The molecule has 1 aliphatic heterocycles. The van der Waals surface area contributed by atoms with E-state index >= 15 is 0 Å². The summed E-state index contributed by atoms with van der Waals surface area (Å²) in [5, 5.41) is 5.49. The monoisotopic (exact) mass is 265 g/mol. The molecule has 2 aromatic rings. The van der Waals surface area contributed by atoms with E-state index in [4.69, 9.17) is 0 Å². The van der Waals surface area contributed by atoms with E-state index in [-0.39, 0.29) is 0 Å². The second kappa shape index (κ2) is 5.37. The maximum atomic E-state index is 3.27. The fourth-order valence-corrected chi connectivity index (χ4v) is 2.96. The van der Waals surface area contributed by atoms with Crippen LogP contribution in [0, 0.1) is 6.92 Å². The Hall–Kier alpha value is -1.93. The van der Waals surface area contributed by atoms with Gasteiger partial charge in [0.2, 0.25) is 0 Å². The third-order valence-electron chi connectivity index (χ3n) is 3.15. The molecule has 94 valence electrons. The summed E-state index contributed by atoms with van der Waals surface area (Å²) < 4.78 is 0. The normalized spacial score (nSPS) is 15.1. The molecule has 0 aliphatic carbocycles. The van der Waals surface area contributed by atoms with E-state index in [0.717, 1.165) is 0 Å². The van der Waals surface area contributed by atoms with Crippen LogP contribution in [0.4, 0.5) is 5.69 Å². The summed E-state index contributed by atoms with van der Waals surface area (Å²) in [6.45, 7) is 2.15. The van der Waals surface area contributed by atoms with Gasteiger partial charge in [-0.05, 0) is 41.7 Å². The lowest BCUT2D eigenvalue weighted by Gasteiger charge is -2.15. The number of anilines is 1. The molecule has 2 heteroatoms. The number of nitrogens with one attached hydrogen (secondary N) is 1. The third kappa shape index (κ3) is 2.59. The lowest BCUT2D eigenvalue weighted by atomic mass is 10.0. The van der Waals surface area contributed by atoms with Crippen LogP contribution in [0.2, 0.25) is 0 Å². The van der Waals surface area contributed by atoms with Crippen molar-refractivity contribution in [3.05, 3.63) is 77.3 Å². The van der Waals surface area contributed by atoms with Crippen LogP contribution in [0.5, 0.6) is 0 Å². The predicted molar refractivity (Wildman–Crippen MR) is 84.2 cm³/mol. The second-order valence-corrected chi connectivity index (χ2v) is 5.39. The number of hydrogen-bond donors (Lipinski definition) is 1. The number of benzene rings is 2. The Morgan fingerprint density at radius 2 is 1.79 bits per heavy atom. The van der Waals surface area contributed by atoms with Crippen LogP contribution in [0.1, 0.15) is 11.1 Å². The molecule has 0 aromatic heterocycles. The molecule has 1 aliphatic rings. The molecule has 0 bridgehead atoms. The van der Waals surface area contributed by atoms with E-state index < -0.39 is 0 Å². The molecule has 0 atom stereocenters. The van der Waals surface area contributed by atoms with Gasteiger partial charge in [0.15, 0.2) is 0 Å². The Morgan fingerprint density at radius 3 is 2.68 bits per heavy atom. The van der Waals surface area contributed by atoms with Crippen LogP contribution in [0.25, 0.3) is 5.57 Å². The highest BCUT2D eigenvalue weighted by molar-refractivity contribution is 8.02. The molecule has 0 unspecified atom stereocenters. The van der Waals surface area contributed by atoms with E-state index in [0.29, 0.717) is 0 Å². The van der Waals surface area contributed by atoms with Crippen LogP contribution in [0.15, 0.2) is 71.1 Å². The fraction of sp³-hybridized carbons (Fsp3) is 0.0588. The van der Waals surface area contributed by atoms with Gasteiger partial charge in [-0.2, -0.15) is 0 Å². The smallest absolute Gasteiger partial charge is 0.0459 e. The summed E-state index contributed by atoms with van der Waals surface area (Å²) in [6, 6.07) is 16.8. The van der Waals surface area contributed by atoms with Gasteiger partial charge >= 0.3 is 0 Å². The van der Waals surface area contributed by atoms with Gasteiger partial charge in [-0.1, -0.05) is 48.2 Å². The molecule has 2 aromatic carbocycles. The fourth-order valence-electron chi connectivity index (χ4n) is 2.09. The maximum absolute atomic E-state index is 3.27. The van der Waals surface area contributed by atoms with Gasteiger partial charge < -0.3 is 5.32 Å². The molecule has 0 saturated carbocycles. The zero-order chi connectivity index (χ0) is 13.1. The topological polar surface area (TPSA) is 12.0 Å². The Kier molecular flexibility index (Phi) is 3.43. The van der Waals surface area contributed by atoms with Crippen molar-refractivity contribution in [1.29, 1.82) is 0 Å². The summed E-state index contributed by atoms with van der Waals surface area (Å²) in [5.74, 6) is 0. The molecule has 1 N–H and O–H groups in total. The quantitative estimate of drug-likeness (QED) is 0.761. The standard InChI is InChI=1S/C17H15NS/c1-13-6-2-5-9-17(13)19-12-14-10-11-18-16-8-4-3-7-15(14)16/h2-12,18H,1H3/b14-12+. The highest BCUT2D eigenvalue weighted by Crippen LogP contribution is 2.32. The van der Waals surface area contributed by atoms with Crippen molar-refractivity contribution < 1.29 is 0 Å². The van der Waals surface area contributed by atoms with Crippen LogP contribution < -0.4 is 5.32 Å². The van der Waals surface area contributed by atoms with E-state index in [1.54, 1.807) is 11.8 Å². The average molecular weight is 265 g/mol. The van der Waals surface area contributed by atoms with Gasteiger partial charge in [0.05, 0.1) is 0 Å². The number of hydrogen-bond acceptors (Lipinski definition) is 2.